The van der Waals surface area contributed by atoms with Crippen LogP contribution in [0, 0.1) is 0 Å². The summed E-state index contributed by atoms with van der Waals surface area (Å²) >= 11 is 4.77. The molecule has 2 aromatic heterocycles. The molecule has 0 aliphatic carbocycles. The van der Waals surface area contributed by atoms with Crippen molar-refractivity contribution in [2.45, 2.75) is 10.1 Å². The van der Waals surface area contributed by atoms with E-state index >= 15 is 0 Å². The number of carbonyl (C=O) groups is 1. The molecule has 1 N–H and O–H groups in total. The SMILES string of the molecule is CNC(=O)N(C)c1nnc(SCc2cccs2)s1. The van der Waals surface area contributed by atoms with E-state index in [0.717, 1.165) is 10.1 Å². The lowest BCUT2D eigenvalue weighted by Crippen LogP contribution is -2.34. The van der Waals surface area contributed by atoms with Gasteiger partial charge in [-0.1, -0.05) is 29.2 Å². The molecule has 18 heavy (non-hydrogen) atoms. The van der Waals surface area contributed by atoms with Crippen LogP contribution in [0.4, 0.5) is 9.93 Å². The van der Waals surface area contributed by atoms with Gasteiger partial charge in [0.05, 0.1) is 0 Å². The molecule has 0 aromatic carbocycles. The number of carbonyl (C=O) groups excluding carboxylic acids is 1. The molecule has 0 saturated heterocycles. The molecular formula is C10H12N4OS3. The molecular weight excluding hydrogens is 288 g/mol. The average molecular weight is 300 g/mol. The molecule has 2 aromatic rings. The predicted molar refractivity (Wildman–Crippen MR) is 76.6 cm³/mol. The fourth-order valence-corrected chi connectivity index (χ4v) is 3.75. The lowest BCUT2D eigenvalue weighted by molar-refractivity contribution is 0.249. The van der Waals surface area contributed by atoms with Crippen molar-refractivity contribution in [2.24, 2.45) is 0 Å². The second-order valence-corrected chi connectivity index (χ2v) is 6.54. The van der Waals surface area contributed by atoms with Crippen LogP contribution >= 0.6 is 34.4 Å². The van der Waals surface area contributed by atoms with E-state index in [4.69, 9.17) is 0 Å². The summed E-state index contributed by atoms with van der Waals surface area (Å²) < 4.78 is 0.870. The molecule has 2 heterocycles. The van der Waals surface area contributed by atoms with Gasteiger partial charge in [-0.3, -0.25) is 4.90 Å². The standard InChI is InChI=1S/C10H12N4OS3/c1-11-8(15)14(2)9-12-13-10(18-9)17-6-7-4-3-5-16-7/h3-5H,6H2,1-2H3,(H,11,15). The number of amides is 2. The zero-order valence-electron chi connectivity index (χ0n) is 9.91. The molecule has 0 bridgehead atoms. The van der Waals surface area contributed by atoms with Gasteiger partial charge in [-0.25, -0.2) is 4.79 Å². The van der Waals surface area contributed by atoms with Gasteiger partial charge in [0.15, 0.2) is 4.34 Å². The summed E-state index contributed by atoms with van der Waals surface area (Å²) in [6.07, 6.45) is 0. The number of thiophene rings is 1. The van der Waals surface area contributed by atoms with Gasteiger partial charge in [0, 0.05) is 24.7 Å². The molecule has 0 atom stereocenters. The molecule has 2 amide bonds. The summed E-state index contributed by atoms with van der Waals surface area (Å²) in [6.45, 7) is 0. The van der Waals surface area contributed by atoms with Crippen LogP contribution in [-0.2, 0) is 5.75 Å². The number of nitrogens with one attached hydrogen (secondary N) is 1. The molecule has 8 heteroatoms. The topological polar surface area (TPSA) is 58.1 Å². The third-order valence-electron chi connectivity index (χ3n) is 2.12. The lowest BCUT2D eigenvalue weighted by atomic mass is 10.5. The van der Waals surface area contributed by atoms with E-state index < -0.39 is 0 Å². The summed E-state index contributed by atoms with van der Waals surface area (Å²) in [7, 11) is 3.26. The maximum Gasteiger partial charge on any atom is 0.323 e. The summed E-state index contributed by atoms with van der Waals surface area (Å²) in [5, 5.41) is 13.3. The summed E-state index contributed by atoms with van der Waals surface area (Å²) in [6, 6.07) is 3.93. The molecule has 0 aliphatic rings. The summed E-state index contributed by atoms with van der Waals surface area (Å²) in [5.74, 6) is 0.885. The normalized spacial score (nSPS) is 10.3. The van der Waals surface area contributed by atoms with Gasteiger partial charge in [-0.05, 0) is 11.4 Å². The van der Waals surface area contributed by atoms with Crippen molar-refractivity contribution >= 4 is 45.6 Å². The van der Waals surface area contributed by atoms with Crippen molar-refractivity contribution in [2.75, 3.05) is 19.0 Å². The molecule has 0 spiro atoms. The van der Waals surface area contributed by atoms with Gasteiger partial charge in [0.1, 0.15) is 0 Å². The second-order valence-electron chi connectivity index (χ2n) is 3.33. The van der Waals surface area contributed by atoms with Gasteiger partial charge >= 0.3 is 6.03 Å². The Balaban J connectivity index is 1.95. The minimum atomic E-state index is -0.194. The van der Waals surface area contributed by atoms with E-state index in [1.54, 1.807) is 37.2 Å². The number of hydrogen-bond acceptors (Lipinski definition) is 6. The Bertz CT molecular complexity index is 511. The zero-order chi connectivity index (χ0) is 13.0. The highest BCUT2D eigenvalue weighted by molar-refractivity contribution is 8.00. The van der Waals surface area contributed by atoms with Crippen LogP contribution in [0.3, 0.4) is 0 Å². The van der Waals surface area contributed by atoms with Crippen LogP contribution in [0.2, 0.25) is 0 Å². The van der Waals surface area contributed by atoms with E-state index in [-0.39, 0.29) is 6.03 Å². The Morgan fingerprint density at radius 2 is 2.39 bits per heavy atom. The fourth-order valence-electron chi connectivity index (χ4n) is 1.18. The van der Waals surface area contributed by atoms with Crippen molar-refractivity contribution in [3.63, 3.8) is 0 Å². The first-order valence-corrected chi connectivity index (χ1v) is 7.83. The van der Waals surface area contributed by atoms with Gasteiger partial charge in [-0.2, -0.15) is 0 Å². The molecule has 0 fully saturated rings. The smallest absolute Gasteiger partial charge is 0.323 e. The fraction of sp³-hybridized carbons (Fsp3) is 0.300. The number of aromatic nitrogens is 2. The summed E-state index contributed by atoms with van der Waals surface area (Å²) in [5.41, 5.74) is 0. The van der Waals surface area contributed by atoms with E-state index in [2.05, 4.69) is 27.0 Å². The number of anilines is 1. The van der Waals surface area contributed by atoms with Crippen LogP contribution in [0.25, 0.3) is 0 Å². The first-order chi connectivity index (χ1) is 8.70. The van der Waals surface area contributed by atoms with Crippen LogP contribution in [0.1, 0.15) is 4.88 Å². The van der Waals surface area contributed by atoms with E-state index in [0.29, 0.717) is 5.13 Å². The number of hydrogen-bond donors (Lipinski definition) is 1. The van der Waals surface area contributed by atoms with Gasteiger partial charge in [-0.15, -0.1) is 21.5 Å². The Hall–Kier alpha value is -1.12. The van der Waals surface area contributed by atoms with Crippen molar-refractivity contribution in [3.05, 3.63) is 22.4 Å². The number of thioether (sulfide) groups is 1. The quantitative estimate of drug-likeness (QED) is 0.696. The highest BCUT2D eigenvalue weighted by Gasteiger charge is 2.14. The maximum atomic E-state index is 11.4. The van der Waals surface area contributed by atoms with Gasteiger partial charge in [0.25, 0.3) is 0 Å². The Morgan fingerprint density at radius 3 is 3.06 bits per heavy atom. The van der Waals surface area contributed by atoms with Crippen LogP contribution in [0.5, 0.6) is 0 Å². The Labute approximate surface area is 117 Å². The van der Waals surface area contributed by atoms with Crippen LogP contribution in [-0.4, -0.2) is 30.3 Å². The molecule has 5 nitrogen and oxygen atoms in total. The minimum Gasteiger partial charge on any atom is -0.341 e. The Morgan fingerprint density at radius 1 is 1.56 bits per heavy atom. The van der Waals surface area contributed by atoms with Gasteiger partial charge in [0.2, 0.25) is 5.13 Å². The highest BCUT2D eigenvalue weighted by atomic mass is 32.2. The largest absolute Gasteiger partial charge is 0.341 e. The maximum absolute atomic E-state index is 11.4. The Kier molecular flexibility index (Phi) is 4.56. The molecule has 2 rings (SSSR count). The van der Waals surface area contributed by atoms with E-state index in [1.165, 1.54) is 21.1 Å². The first kappa shape index (κ1) is 13.3. The van der Waals surface area contributed by atoms with Crippen LogP contribution < -0.4 is 10.2 Å². The third-order valence-corrected chi connectivity index (χ3v) is 5.36. The second kappa shape index (κ2) is 6.17. The zero-order valence-corrected chi connectivity index (χ0v) is 12.4. The van der Waals surface area contributed by atoms with Crippen molar-refractivity contribution in [1.82, 2.24) is 15.5 Å². The molecule has 0 saturated carbocycles. The van der Waals surface area contributed by atoms with E-state index in [9.17, 15) is 4.79 Å². The lowest BCUT2D eigenvalue weighted by Gasteiger charge is -2.10. The van der Waals surface area contributed by atoms with Crippen molar-refractivity contribution in [3.8, 4) is 0 Å². The first-order valence-electron chi connectivity index (χ1n) is 5.15. The molecule has 96 valence electrons. The number of nitrogens with zero attached hydrogens (tertiary/aromatic N) is 3. The molecule has 0 aliphatic heterocycles. The summed E-state index contributed by atoms with van der Waals surface area (Å²) in [4.78, 5) is 14.2. The van der Waals surface area contributed by atoms with Gasteiger partial charge < -0.3 is 5.32 Å². The molecule has 0 radical (unpaired) electrons. The molecule has 0 unspecified atom stereocenters. The van der Waals surface area contributed by atoms with E-state index in [1.807, 2.05) is 6.07 Å². The highest BCUT2D eigenvalue weighted by Crippen LogP contribution is 2.30. The van der Waals surface area contributed by atoms with Crippen molar-refractivity contribution in [1.29, 1.82) is 0 Å². The number of urea groups is 1. The minimum absolute atomic E-state index is 0.194. The number of rotatable bonds is 4. The van der Waals surface area contributed by atoms with Crippen LogP contribution in [0.15, 0.2) is 21.9 Å². The average Bonchev–Trinajstić information content (AvgIpc) is 3.05. The monoisotopic (exact) mass is 300 g/mol. The predicted octanol–water partition coefficient (Wildman–Crippen LogP) is 2.67. The van der Waals surface area contributed by atoms with Crippen molar-refractivity contribution < 1.29 is 4.79 Å². The third kappa shape index (κ3) is 3.21.